The molecule has 2 aliphatic rings. The Bertz CT molecular complexity index is 254. The van der Waals surface area contributed by atoms with Crippen LogP contribution >= 0.6 is 0 Å². The molecule has 2 fully saturated rings. The van der Waals surface area contributed by atoms with E-state index in [-0.39, 0.29) is 5.60 Å². The van der Waals surface area contributed by atoms with Crippen molar-refractivity contribution in [3.8, 4) is 0 Å². The molecule has 1 spiro atoms. The summed E-state index contributed by atoms with van der Waals surface area (Å²) in [5, 5.41) is 10.8. The van der Waals surface area contributed by atoms with Gasteiger partial charge in [0.1, 0.15) is 0 Å². The Hall–Kier alpha value is -0.0800. The zero-order chi connectivity index (χ0) is 12.5. The molecule has 0 aromatic heterocycles. The van der Waals surface area contributed by atoms with Crippen molar-refractivity contribution in [2.75, 3.05) is 6.61 Å². The molecule has 0 aromatic rings. The third kappa shape index (κ3) is 2.53. The van der Waals surface area contributed by atoms with E-state index in [2.05, 4.69) is 13.8 Å². The smallest absolute Gasteiger partial charge is 0.0686 e. The summed E-state index contributed by atoms with van der Waals surface area (Å²) >= 11 is 0. The molecule has 3 unspecified atom stereocenters. The van der Waals surface area contributed by atoms with Gasteiger partial charge in [-0.3, -0.25) is 0 Å². The van der Waals surface area contributed by atoms with Gasteiger partial charge in [0.15, 0.2) is 0 Å². The third-order valence-electron chi connectivity index (χ3n) is 5.44. The number of ether oxygens (including phenoxy) is 1. The molecule has 0 aromatic carbocycles. The lowest BCUT2D eigenvalue weighted by Gasteiger charge is -2.46. The topological polar surface area (TPSA) is 29.5 Å². The highest BCUT2D eigenvalue weighted by atomic mass is 16.5. The quantitative estimate of drug-likeness (QED) is 0.818. The number of hydrogen-bond acceptors (Lipinski definition) is 2. The van der Waals surface area contributed by atoms with E-state index in [0.29, 0.717) is 11.8 Å². The zero-order valence-electron chi connectivity index (χ0n) is 11.7. The van der Waals surface area contributed by atoms with E-state index in [9.17, 15) is 5.11 Å². The summed E-state index contributed by atoms with van der Waals surface area (Å²) in [6.45, 7) is 7.23. The van der Waals surface area contributed by atoms with Crippen molar-refractivity contribution in [2.45, 2.75) is 76.9 Å². The summed E-state index contributed by atoms with van der Waals surface area (Å²) in [6, 6.07) is 0. The fraction of sp³-hybridized carbons (Fsp3) is 1.00. The first kappa shape index (κ1) is 13.4. The molecular formula is C15H28O2. The van der Waals surface area contributed by atoms with Crippen LogP contribution in [-0.2, 0) is 4.74 Å². The van der Waals surface area contributed by atoms with Gasteiger partial charge in [0, 0.05) is 6.61 Å². The highest BCUT2D eigenvalue weighted by Gasteiger charge is 2.46. The van der Waals surface area contributed by atoms with E-state index in [1.54, 1.807) is 0 Å². The predicted octanol–water partition coefficient (Wildman–Crippen LogP) is 3.52. The van der Waals surface area contributed by atoms with Gasteiger partial charge in [-0.15, -0.1) is 0 Å². The van der Waals surface area contributed by atoms with Crippen molar-refractivity contribution < 1.29 is 9.84 Å². The molecule has 17 heavy (non-hydrogen) atoms. The maximum Gasteiger partial charge on any atom is 0.0686 e. The van der Waals surface area contributed by atoms with Crippen molar-refractivity contribution >= 4 is 0 Å². The first-order chi connectivity index (χ1) is 8.00. The lowest BCUT2D eigenvalue weighted by molar-refractivity contribution is -0.149. The van der Waals surface area contributed by atoms with E-state index in [4.69, 9.17) is 4.74 Å². The molecule has 100 valence electrons. The highest BCUT2D eigenvalue weighted by Crippen LogP contribution is 2.46. The molecule has 3 atom stereocenters. The van der Waals surface area contributed by atoms with Crippen LogP contribution in [-0.4, -0.2) is 22.9 Å². The Morgan fingerprint density at radius 1 is 1.41 bits per heavy atom. The average molecular weight is 240 g/mol. The van der Waals surface area contributed by atoms with Gasteiger partial charge in [-0.2, -0.15) is 0 Å². The monoisotopic (exact) mass is 240 g/mol. The SMILES string of the molecule is CCC(C)C(C)(O)C1CCOC2(CCCC2)C1. The van der Waals surface area contributed by atoms with Gasteiger partial charge >= 0.3 is 0 Å². The summed E-state index contributed by atoms with van der Waals surface area (Å²) in [5.74, 6) is 0.799. The second-order valence-electron chi connectivity index (χ2n) is 6.46. The average Bonchev–Trinajstić information content (AvgIpc) is 2.76. The fourth-order valence-electron chi connectivity index (χ4n) is 3.71. The molecule has 2 heteroatoms. The predicted molar refractivity (Wildman–Crippen MR) is 70.0 cm³/mol. The van der Waals surface area contributed by atoms with Crippen LogP contribution in [0.4, 0.5) is 0 Å². The van der Waals surface area contributed by atoms with Crippen molar-refractivity contribution in [2.24, 2.45) is 11.8 Å². The van der Waals surface area contributed by atoms with Crippen LogP contribution in [0, 0.1) is 11.8 Å². The number of rotatable bonds is 3. The van der Waals surface area contributed by atoms with Crippen LogP contribution in [0.15, 0.2) is 0 Å². The zero-order valence-corrected chi connectivity index (χ0v) is 11.7. The van der Waals surface area contributed by atoms with E-state index in [1.165, 1.54) is 25.7 Å². The molecule has 1 aliphatic carbocycles. The van der Waals surface area contributed by atoms with Crippen molar-refractivity contribution in [1.82, 2.24) is 0 Å². The minimum absolute atomic E-state index is 0.125. The second kappa shape index (κ2) is 4.89. The largest absolute Gasteiger partial charge is 0.390 e. The summed E-state index contributed by atoms with van der Waals surface area (Å²) in [6.07, 6.45) is 8.18. The molecule has 0 amide bonds. The summed E-state index contributed by atoms with van der Waals surface area (Å²) in [7, 11) is 0. The number of aliphatic hydroxyl groups is 1. The molecule has 0 bridgehead atoms. The van der Waals surface area contributed by atoms with Crippen LogP contribution in [0.3, 0.4) is 0 Å². The minimum atomic E-state index is -0.520. The molecule has 2 nitrogen and oxygen atoms in total. The van der Waals surface area contributed by atoms with Crippen LogP contribution < -0.4 is 0 Å². The van der Waals surface area contributed by atoms with Gasteiger partial charge in [-0.25, -0.2) is 0 Å². The van der Waals surface area contributed by atoms with Crippen LogP contribution in [0.25, 0.3) is 0 Å². The Morgan fingerprint density at radius 2 is 2.06 bits per heavy atom. The Labute approximate surface area is 106 Å². The van der Waals surface area contributed by atoms with Crippen molar-refractivity contribution in [3.05, 3.63) is 0 Å². The second-order valence-corrected chi connectivity index (χ2v) is 6.46. The third-order valence-corrected chi connectivity index (χ3v) is 5.44. The van der Waals surface area contributed by atoms with Crippen molar-refractivity contribution in [3.63, 3.8) is 0 Å². The van der Waals surface area contributed by atoms with Gasteiger partial charge in [0.05, 0.1) is 11.2 Å². The number of hydrogen-bond donors (Lipinski definition) is 1. The summed E-state index contributed by atoms with van der Waals surface area (Å²) < 4.78 is 6.05. The van der Waals surface area contributed by atoms with Gasteiger partial charge in [-0.05, 0) is 44.4 Å². The molecule has 1 saturated heterocycles. The molecule has 0 radical (unpaired) electrons. The normalized spacial score (nSPS) is 33.5. The van der Waals surface area contributed by atoms with Gasteiger partial charge < -0.3 is 9.84 Å². The maximum atomic E-state index is 10.8. The standard InChI is InChI=1S/C15H28O2/c1-4-12(2)14(3,16)13-7-10-17-15(11-13)8-5-6-9-15/h12-13,16H,4-11H2,1-3H3. The molecule has 1 saturated carbocycles. The van der Waals surface area contributed by atoms with E-state index >= 15 is 0 Å². The maximum absolute atomic E-state index is 10.8. The van der Waals surface area contributed by atoms with E-state index in [0.717, 1.165) is 25.9 Å². The Kier molecular flexibility index (Phi) is 3.84. The lowest BCUT2D eigenvalue weighted by Crippen LogP contribution is -2.49. The Morgan fingerprint density at radius 3 is 2.65 bits per heavy atom. The summed E-state index contributed by atoms with van der Waals surface area (Å²) in [5.41, 5.74) is -0.394. The van der Waals surface area contributed by atoms with Crippen LogP contribution in [0.1, 0.15) is 65.7 Å². The molecule has 2 rings (SSSR count). The first-order valence-corrected chi connectivity index (χ1v) is 7.36. The molecule has 1 heterocycles. The van der Waals surface area contributed by atoms with Gasteiger partial charge in [0.2, 0.25) is 0 Å². The Balaban J connectivity index is 2.06. The minimum Gasteiger partial charge on any atom is -0.390 e. The van der Waals surface area contributed by atoms with E-state index in [1.807, 2.05) is 6.92 Å². The highest BCUT2D eigenvalue weighted by molar-refractivity contribution is 4.97. The molecule has 1 N–H and O–H groups in total. The summed E-state index contributed by atoms with van der Waals surface area (Å²) in [4.78, 5) is 0. The van der Waals surface area contributed by atoms with Crippen molar-refractivity contribution in [1.29, 1.82) is 0 Å². The molecule has 1 aliphatic heterocycles. The van der Waals surface area contributed by atoms with Crippen LogP contribution in [0.2, 0.25) is 0 Å². The van der Waals surface area contributed by atoms with E-state index < -0.39 is 5.60 Å². The first-order valence-electron chi connectivity index (χ1n) is 7.36. The van der Waals surface area contributed by atoms with Gasteiger partial charge in [-0.1, -0.05) is 33.1 Å². The lowest BCUT2D eigenvalue weighted by atomic mass is 9.70. The fourth-order valence-corrected chi connectivity index (χ4v) is 3.71. The van der Waals surface area contributed by atoms with Crippen LogP contribution in [0.5, 0.6) is 0 Å². The molecular weight excluding hydrogens is 212 g/mol. The van der Waals surface area contributed by atoms with Gasteiger partial charge in [0.25, 0.3) is 0 Å².